The van der Waals surface area contributed by atoms with Crippen molar-refractivity contribution in [3.05, 3.63) is 48.0 Å². The molecule has 3 aliphatic heterocycles. The molecule has 5 heteroatoms. The number of amides is 1. The highest BCUT2D eigenvalue weighted by molar-refractivity contribution is 5.83. The Bertz CT molecular complexity index is 905. The number of fused-ring (bicyclic) bond motifs is 1. The molecule has 5 rings (SSSR count). The summed E-state index contributed by atoms with van der Waals surface area (Å²) >= 11 is 0. The van der Waals surface area contributed by atoms with Crippen molar-refractivity contribution in [1.29, 1.82) is 0 Å². The third kappa shape index (κ3) is 5.51. The van der Waals surface area contributed by atoms with E-state index in [1.54, 1.807) is 0 Å². The van der Waals surface area contributed by atoms with Crippen molar-refractivity contribution in [2.75, 3.05) is 45.9 Å². The molecule has 0 aromatic heterocycles. The van der Waals surface area contributed by atoms with Crippen LogP contribution in [0.3, 0.4) is 0 Å². The Morgan fingerprint density at radius 3 is 2.66 bits per heavy atom. The third-order valence-corrected chi connectivity index (χ3v) is 7.45. The van der Waals surface area contributed by atoms with Gasteiger partial charge in [0.05, 0.1) is 12.0 Å². The van der Waals surface area contributed by atoms with Crippen LogP contribution in [0, 0.1) is 11.8 Å². The fourth-order valence-corrected chi connectivity index (χ4v) is 5.84. The van der Waals surface area contributed by atoms with Gasteiger partial charge in [0.15, 0.2) is 0 Å². The summed E-state index contributed by atoms with van der Waals surface area (Å²) in [6.45, 7) is 7.91. The molecule has 3 fully saturated rings. The smallest absolute Gasteiger partial charge is 0.224 e. The zero-order valence-corrected chi connectivity index (χ0v) is 19.2. The predicted octanol–water partition coefficient (Wildman–Crippen LogP) is 3.67. The summed E-state index contributed by atoms with van der Waals surface area (Å²) in [7, 11) is 0. The highest BCUT2D eigenvalue weighted by Gasteiger charge is 2.33. The van der Waals surface area contributed by atoms with E-state index in [1.165, 1.54) is 42.3 Å². The first-order valence-corrected chi connectivity index (χ1v) is 12.5. The summed E-state index contributed by atoms with van der Waals surface area (Å²) in [5.41, 5.74) is 1.34. The number of carbonyl (C=O) groups is 1. The van der Waals surface area contributed by atoms with Gasteiger partial charge in [-0.15, -0.1) is 0 Å². The maximum atomic E-state index is 13.1. The van der Waals surface area contributed by atoms with Crippen LogP contribution in [0.2, 0.25) is 0 Å². The molecule has 3 aliphatic rings. The molecule has 5 nitrogen and oxygen atoms in total. The highest BCUT2D eigenvalue weighted by Crippen LogP contribution is 2.27. The van der Waals surface area contributed by atoms with E-state index in [4.69, 9.17) is 4.74 Å². The molecule has 1 amide bonds. The minimum absolute atomic E-state index is 0.0678. The maximum absolute atomic E-state index is 13.1. The van der Waals surface area contributed by atoms with E-state index in [1.807, 2.05) is 0 Å². The van der Waals surface area contributed by atoms with Crippen LogP contribution in [0.5, 0.6) is 0 Å². The lowest BCUT2D eigenvalue weighted by molar-refractivity contribution is -0.128. The molecule has 0 spiro atoms. The van der Waals surface area contributed by atoms with Gasteiger partial charge in [0.2, 0.25) is 5.91 Å². The minimum Gasteiger partial charge on any atom is -0.376 e. The fourth-order valence-electron chi connectivity index (χ4n) is 5.84. The van der Waals surface area contributed by atoms with Crippen LogP contribution in [0.15, 0.2) is 42.5 Å². The molecule has 2 aromatic carbocycles. The zero-order chi connectivity index (χ0) is 21.8. The van der Waals surface area contributed by atoms with E-state index in [2.05, 4.69) is 57.6 Å². The van der Waals surface area contributed by atoms with E-state index in [9.17, 15) is 4.79 Å². The first-order valence-electron chi connectivity index (χ1n) is 12.5. The van der Waals surface area contributed by atoms with E-state index >= 15 is 0 Å². The number of hydrogen-bond donors (Lipinski definition) is 1. The number of likely N-dealkylation sites (tertiary alicyclic amines) is 2. The molecular formula is C27H37N3O2. The summed E-state index contributed by atoms with van der Waals surface area (Å²) in [6, 6.07) is 15.3. The number of piperidine rings is 1. The molecule has 0 aliphatic carbocycles. The highest BCUT2D eigenvalue weighted by atomic mass is 16.5. The van der Waals surface area contributed by atoms with Crippen molar-refractivity contribution in [3.8, 4) is 0 Å². The topological polar surface area (TPSA) is 44.8 Å². The van der Waals surface area contributed by atoms with Crippen molar-refractivity contribution in [2.24, 2.45) is 11.8 Å². The second-order valence-electron chi connectivity index (χ2n) is 10.1. The second kappa shape index (κ2) is 10.3. The lowest BCUT2D eigenvalue weighted by Crippen LogP contribution is -2.49. The Morgan fingerprint density at radius 2 is 1.84 bits per heavy atom. The van der Waals surface area contributed by atoms with Gasteiger partial charge in [-0.1, -0.05) is 36.4 Å². The van der Waals surface area contributed by atoms with Gasteiger partial charge < -0.3 is 15.0 Å². The number of ether oxygens (including phenoxy) is 1. The van der Waals surface area contributed by atoms with Gasteiger partial charge in [-0.05, 0) is 73.5 Å². The number of nitrogens with zero attached hydrogens (tertiary/aromatic N) is 2. The molecule has 3 heterocycles. The monoisotopic (exact) mass is 435 g/mol. The van der Waals surface area contributed by atoms with E-state index in [0.29, 0.717) is 12.5 Å². The van der Waals surface area contributed by atoms with Crippen molar-refractivity contribution in [2.45, 2.75) is 44.8 Å². The second-order valence-corrected chi connectivity index (χ2v) is 10.1. The van der Waals surface area contributed by atoms with Gasteiger partial charge in [-0.2, -0.15) is 0 Å². The summed E-state index contributed by atoms with van der Waals surface area (Å²) in [4.78, 5) is 18.2. The maximum Gasteiger partial charge on any atom is 0.224 e. The number of benzene rings is 2. The zero-order valence-electron chi connectivity index (χ0n) is 19.2. The quantitative estimate of drug-likeness (QED) is 0.721. The Labute approximate surface area is 192 Å². The molecule has 32 heavy (non-hydrogen) atoms. The van der Waals surface area contributed by atoms with Crippen LogP contribution < -0.4 is 5.32 Å². The summed E-state index contributed by atoms with van der Waals surface area (Å²) in [5, 5.41) is 5.79. The molecule has 1 N–H and O–H groups in total. The van der Waals surface area contributed by atoms with Crippen molar-refractivity contribution in [1.82, 2.24) is 15.1 Å². The average molecular weight is 436 g/mol. The van der Waals surface area contributed by atoms with Crippen molar-refractivity contribution < 1.29 is 9.53 Å². The lowest BCUT2D eigenvalue weighted by Gasteiger charge is -2.38. The Hall–Kier alpha value is -1.95. The molecule has 0 unspecified atom stereocenters. The van der Waals surface area contributed by atoms with Crippen LogP contribution in [0.4, 0.5) is 0 Å². The molecule has 3 saturated heterocycles. The number of carbonyl (C=O) groups excluding carboxylic acids is 1. The summed E-state index contributed by atoms with van der Waals surface area (Å²) in [5.74, 6) is 0.842. The first kappa shape index (κ1) is 21.9. The third-order valence-electron chi connectivity index (χ3n) is 7.45. The van der Waals surface area contributed by atoms with Crippen LogP contribution in [0.25, 0.3) is 10.8 Å². The molecule has 0 radical (unpaired) electrons. The fraction of sp³-hybridized carbons (Fsp3) is 0.593. The molecule has 0 bridgehead atoms. The SMILES string of the molecule is O=C(NC[C@H]1CCCO1)[C@@H]1C[C@H](CN2CCCC2)CN(Cc2ccc3ccccc3c2)C1. The Kier molecular flexibility index (Phi) is 7.06. The molecule has 172 valence electrons. The van der Waals surface area contributed by atoms with Gasteiger partial charge in [0, 0.05) is 39.3 Å². The van der Waals surface area contributed by atoms with E-state index in [-0.39, 0.29) is 17.9 Å². The lowest BCUT2D eigenvalue weighted by atomic mass is 9.87. The van der Waals surface area contributed by atoms with E-state index in [0.717, 1.165) is 52.0 Å². The number of hydrogen-bond acceptors (Lipinski definition) is 4. The predicted molar refractivity (Wildman–Crippen MR) is 128 cm³/mol. The van der Waals surface area contributed by atoms with Crippen LogP contribution >= 0.6 is 0 Å². The minimum atomic E-state index is 0.0678. The van der Waals surface area contributed by atoms with Crippen LogP contribution in [-0.4, -0.2) is 67.7 Å². The molecule has 0 saturated carbocycles. The molecule has 3 atom stereocenters. The number of rotatable bonds is 7. The van der Waals surface area contributed by atoms with Crippen LogP contribution in [0.1, 0.15) is 37.7 Å². The van der Waals surface area contributed by atoms with Gasteiger partial charge >= 0.3 is 0 Å². The number of nitrogens with one attached hydrogen (secondary N) is 1. The van der Waals surface area contributed by atoms with Gasteiger partial charge in [-0.25, -0.2) is 0 Å². The largest absolute Gasteiger partial charge is 0.376 e. The van der Waals surface area contributed by atoms with E-state index < -0.39 is 0 Å². The van der Waals surface area contributed by atoms with Crippen LogP contribution in [-0.2, 0) is 16.1 Å². The van der Waals surface area contributed by atoms with Crippen molar-refractivity contribution >= 4 is 16.7 Å². The van der Waals surface area contributed by atoms with Crippen molar-refractivity contribution in [3.63, 3.8) is 0 Å². The van der Waals surface area contributed by atoms with Gasteiger partial charge in [0.1, 0.15) is 0 Å². The average Bonchev–Trinajstić information content (AvgIpc) is 3.52. The Balaban J connectivity index is 1.25. The molecular weight excluding hydrogens is 398 g/mol. The Morgan fingerprint density at radius 1 is 1.00 bits per heavy atom. The summed E-state index contributed by atoms with van der Waals surface area (Å²) in [6.07, 6.45) is 6.02. The molecule has 2 aromatic rings. The van der Waals surface area contributed by atoms with Gasteiger partial charge in [0.25, 0.3) is 0 Å². The standard InChI is InChI=1S/C27H37N3O2/c31-27(28-16-26-8-5-13-32-26)25-15-22(18-29-11-3-4-12-29)19-30(20-25)17-21-9-10-23-6-1-2-7-24(23)14-21/h1-2,6-7,9-10,14,22,25-26H,3-5,8,11-13,15-20H2,(H,28,31)/t22-,25-,26-/m1/s1. The first-order chi connectivity index (χ1) is 15.7. The normalized spacial score (nSPS) is 27.2. The van der Waals surface area contributed by atoms with Gasteiger partial charge in [-0.3, -0.25) is 9.69 Å². The summed E-state index contributed by atoms with van der Waals surface area (Å²) < 4.78 is 5.70.